The van der Waals surface area contributed by atoms with Crippen LogP contribution in [-0.4, -0.2) is 9.97 Å². The van der Waals surface area contributed by atoms with E-state index in [1.165, 1.54) is 62.0 Å². The number of nitrogens with zero attached hydrogens (tertiary/aromatic N) is 2. The fraction of sp³-hybridized carbons (Fsp3) is 0.238. The molecule has 0 saturated heterocycles. The minimum absolute atomic E-state index is 0.870. The van der Waals surface area contributed by atoms with Gasteiger partial charge in [-0.3, -0.25) is 0 Å². The highest BCUT2D eigenvalue weighted by Gasteiger charge is 2.21. The number of thiophene rings is 1. The first-order valence-corrected chi connectivity index (χ1v) is 10.4. The normalized spacial score (nSPS) is 14.1. The molecular formula is C21H18N2S2. The maximum Gasteiger partial charge on any atom is 0.128 e. The summed E-state index contributed by atoms with van der Waals surface area (Å²) in [5, 5.41) is 4.99. The lowest BCUT2D eigenvalue weighted by Crippen LogP contribution is -1.99. The van der Waals surface area contributed by atoms with E-state index in [1.54, 1.807) is 11.8 Å². The average molecular weight is 363 g/mol. The van der Waals surface area contributed by atoms with Crippen molar-refractivity contribution in [3.8, 4) is 0 Å². The fourth-order valence-electron chi connectivity index (χ4n) is 3.64. The lowest BCUT2D eigenvalue weighted by Gasteiger charge is -2.12. The van der Waals surface area contributed by atoms with Crippen molar-refractivity contribution in [2.24, 2.45) is 0 Å². The van der Waals surface area contributed by atoms with Gasteiger partial charge in [0, 0.05) is 15.2 Å². The van der Waals surface area contributed by atoms with Crippen LogP contribution in [0.5, 0.6) is 0 Å². The first kappa shape index (κ1) is 15.4. The van der Waals surface area contributed by atoms with E-state index in [0.29, 0.717) is 0 Å². The van der Waals surface area contributed by atoms with Crippen molar-refractivity contribution >= 4 is 44.1 Å². The highest BCUT2D eigenvalue weighted by atomic mass is 32.2. The smallest absolute Gasteiger partial charge is 0.128 e. The second-order valence-corrected chi connectivity index (χ2v) is 8.72. The summed E-state index contributed by atoms with van der Waals surface area (Å²) < 4.78 is 0. The van der Waals surface area contributed by atoms with E-state index in [9.17, 15) is 0 Å². The molecule has 5 rings (SSSR count). The molecule has 2 aromatic carbocycles. The Morgan fingerprint density at radius 1 is 0.960 bits per heavy atom. The Morgan fingerprint density at radius 3 is 2.72 bits per heavy atom. The second-order valence-electron chi connectivity index (χ2n) is 6.58. The molecule has 0 amide bonds. The van der Waals surface area contributed by atoms with Gasteiger partial charge in [-0.25, -0.2) is 9.97 Å². The minimum Gasteiger partial charge on any atom is -0.226 e. The Kier molecular flexibility index (Phi) is 3.75. The van der Waals surface area contributed by atoms with Crippen molar-refractivity contribution in [3.63, 3.8) is 0 Å². The van der Waals surface area contributed by atoms with Crippen LogP contribution in [0.2, 0.25) is 0 Å². The Labute approximate surface area is 155 Å². The lowest BCUT2D eigenvalue weighted by atomic mass is 9.97. The van der Waals surface area contributed by atoms with Crippen LogP contribution in [0.4, 0.5) is 0 Å². The van der Waals surface area contributed by atoms with Crippen molar-refractivity contribution in [2.45, 2.75) is 42.5 Å². The molecule has 4 aromatic rings. The van der Waals surface area contributed by atoms with Gasteiger partial charge in [-0.1, -0.05) is 42.1 Å². The average Bonchev–Trinajstić information content (AvgIpc) is 2.99. The number of fused-ring (bicyclic) bond motifs is 4. The largest absolute Gasteiger partial charge is 0.226 e. The molecule has 0 bridgehead atoms. The van der Waals surface area contributed by atoms with Gasteiger partial charge in [0.25, 0.3) is 0 Å². The standard InChI is InChI=1S/C21H18N2S2/c1-13-22-20(19-17-8-4-5-9-18(17)25-21(19)23-13)24-16-11-10-14-6-2-3-7-15(14)12-16/h2-3,6-7,10-12H,4-5,8-9H2,1H3. The number of rotatable bonds is 2. The van der Waals surface area contributed by atoms with Gasteiger partial charge in [-0.2, -0.15) is 0 Å². The number of aryl methyl sites for hydroxylation is 3. The molecule has 0 atom stereocenters. The van der Waals surface area contributed by atoms with Crippen LogP contribution in [-0.2, 0) is 12.8 Å². The van der Waals surface area contributed by atoms with Crippen molar-refractivity contribution in [3.05, 3.63) is 58.7 Å². The van der Waals surface area contributed by atoms with Crippen LogP contribution < -0.4 is 0 Å². The number of hydrogen-bond acceptors (Lipinski definition) is 4. The summed E-state index contributed by atoms with van der Waals surface area (Å²) in [5.41, 5.74) is 1.51. The molecule has 0 radical (unpaired) electrons. The fourth-order valence-corrected chi connectivity index (χ4v) is 6.06. The van der Waals surface area contributed by atoms with E-state index in [1.807, 2.05) is 18.3 Å². The van der Waals surface area contributed by atoms with Crippen molar-refractivity contribution < 1.29 is 0 Å². The monoisotopic (exact) mass is 362 g/mol. The Balaban J connectivity index is 1.64. The van der Waals surface area contributed by atoms with Crippen LogP contribution in [0.25, 0.3) is 21.0 Å². The third-order valence-corrected chi connectivity index (χ3v) is 6.99. The van der Waals surface area contributed by atoms with Crippen LogP contribution in [0, 0.1) is 6.92 Å². The van der Waals surface area contributed by atoms with Crippen LogP contribution >= 0.6 is 23.1 Å². The molecule has 1 aliphatic rings. The van der Waals surface area contributed by atoms with Crippen LogP contribution in [0.3, 0.4) is 0 Å². The number of benzene rings is 2. The van der Waals surface area contributed by atoms with Gasteiger partial charge in [-0.05, 0) is 61.1 Å². The number of hydrogen-bond donors (Lipinski definition) is 0. The molecule has 0 saturated carbocycles. The summed E-state index contributed by atoms with van der Waals surface area (Å²) in [7, 11) is 0. The third-order valence-electron chi connectivity index (χ3n) is 4.83. The molecule has 2 aromatic heterocycles. The van der Waals surface area contributed by atoms with Gasteiger partial charge in [-0.15, -0.1) is 11.3 Å². The molecule has 1 aliphatic carbocycles. The van der Waals surface area contributed by atoms with Crippen molar-refractivity contribution in [2.75, 3.05) is 0 Å². The Hall–Kier alpha value is -1.91. The minimum atomic E-state index is 0.870. The molecule has 2 heterocycles. The first-order valence-electron chi connectivity index (χ1n) is 8.73. The molecule has 0 spiro atoms. The van der Waals surface area contributed by atoms with Gasteiger partial charge in [0.05, 0.1) is 0 Å². The topological polar surface area (TPSA) is 25.8 Å². The zero-order chi connectivity index (χ0) is 16.8. The summed E-state index contributed by atoms with van der Waals surface area (Å²) in [4.78, 5) is 13.5. The molecule has 0 unspecified atom stereocenters. The second kappa shape index (κ2) is 6.11. The van der Waals surface area contributed by atoms with E-state index in [4.69, 9.17) is 9.97 Å². The first-order chi connectivity index (χ1) is 12.3. The predicted octanol–water partition coefficient (Wildman–Crippen LogP) is 6.18. The molecular weight excluding hydrogens is 344 g/mol. The third kappa shape index (κ3) is 2.74. The highest BCUT2D eigenvalue weighted by Crippen LogP contribution is 2.41. The predicted molar refractivity (Wildman–Crippen MR) is 107 cm³/mol. The van der Waals surface area contributed by atoms with Gasteiger partial charge in [0.15, 0.2) is 0 Å². The van der Waals surface area contributed by atoms with E-state index < -0.39 is 0 Å². The van der Waals surface area contributed by atoms with Gasteiger partial charge >= 0.3 is 0 Å². The van der Waals surface area contributed by atoms with Crippen LogP contribution in [0.1, 0.15) is 29.1 Å². The van der Waals surface area contributed by atoms with E-state index in [-0.39, 0.29) is 0 Å². The molecule has 0 fully saturated rings. The summed E-state index contributed by atoms with van der Waals surface area (Å²) in [6.07, 6.45) is 4.97. The van der Waals surface area contributed by atoms with E-state index >= 15 is 0 Å². The summed E-state index contributed by atoms with van der Waals surface area (Å²) >= 11 is 3.66. The molecule has 0 aliphatic heterocycles. The zero-order valence-corrected chi connectivity index (χ0v) is 15.7. The van der Waals surface area contributed by atoms with Crippen LogP contribution in [0.15, 0.2) is 52.4 Å². The Bertz CT molecular complexity index is 1100. The SMILES string of the molecule is Cc1nc(Sc2ccc3ccccc3c2)c2c3c(sc2n1)CCCC3. The van der Waals surface area contributed by atoms with Gasteiger partial charge < -0.3 is 0 Å². The molecule has 25 heavy (non-hydrogen) atoms. The summed E-state index contributed by atoms with van der Waals surface area (Å²) in [6, 6.07) is 15.2. The lowest BCUT2D eigenvalue weighted by molar-refractivity contribution is 0.699. The van der Waals surface area contributed by atoms with Gasteiger partial charge in [0.1, 0.15) is 15.7 Å². The van der Waals surface area contributed by atoms with E-state index in [2.05, 4.69) is 42.5 Å². The molecule has 4 heteroatoms. The molecule has 124 valence electrons. The van der Waals surface area contributed by atoms with E-state index in [0.717, 1.165) is 10.9 Å². The molecule has 0 N–H and O–H groups in total. The summed E-state index contributed by atoms with van der Waals surface area (Å²) in [6.45, 7) is 2.00. The highest BCUT2D eigenvalue weighted by molar-refractivity contribution is 7.99. The quantitative estimate of drug-likeness (QED) is 0.398. The van der Waals surface area contributed by atoms with Crippen molar-refractivity contribution in [1.29, 1.82) is 0 Å². The summed E-state index contributed by atoms with van der Waals surface area (Å²) in [5.74, 6) is 0.870. The zero-order valence-electron chi connectivity index (χ0n) is 14.1. The van der Waals surface area contributed by atoms with Gasteiger partial charge in [0.2, 0.25) is 0 Å². The maximum absolute atomic E-state index is 4.82. The maximum atomic E-state index is 4.82. The number of aromatic nitrogens is 2. The molecule has 2 nitrogen and oxygen atoms in total. The van der Waals surface area contributed by atoms with Crippen molar-refractivity contribution in [1.82, 2.24) is 9.97 Å². The Morgan fingerprint density at radius 2 is 1.80 bits per heavy atom.